The third-order valence-electron chi connectivity index (χ3n) is 3.38. The Morgan fingerprint density at radius 1 is 1.48 bits per heavy atom. The van der Waals surface area contributed by atoms with Gasteiger partial charge in [0.2, 0.25) is 0 Å². The largest absolute Gasteiger partial charge is 0.535 e. The van der Waals surface area contributed by atoms with Crippen molar-refractivity contribution < 1.29 is 29.1 Å². The van der Waals surface area contributed by atoms with Crippen molar-refractivity contribution in [3.63, 3.8) is 0 Å². The maximum Gasteiger partial charge on any atom is 0.526 e. The first-order chi connectivity index (χ1) is 10.1. The quantitative estimate of drug-likeness (QED) is 0.610. The van der Waals surface area contributed by atoms with E-state index in [-0.39, 0.29) is 24.4 Å². The van der Waals surface area contributed by atoms with E-state index in [1.54, 1.807) is 25.1 Å². The van der Waals surface area contributed by atoms with Gasteiger partial charge in [-0.05, 0) is 25.0 Å². The summed E-state index contributed by atoms with van der Waals surface area (Å²) in [7, 11) is -1.19. The molecule has 2 rings (SSSR count). The Balaban J connectivity index is 2.24. The molecule has 6 nitrogen and oxygen atoms in total. The normalized spacial score (nSPS) is 16.9. The zero-order valence-electron chi connectivity index (χ0n) is 11.7. The van der Waals surface area contributed by atoms with Crippen LogP contribution in [-0.4, -0.2) is 42.2 Å². The minimum atomic E-state index is -1.19. The number of carbonyl (C=O) groups is 2. The number of Topliss-reactive ketones (excluding diaryl/α,β-unsaturated/α-hetero) is 1. The van der Waals surface area contributed by atoms with E-state index < -0.39 is 25.5 Å². The number of fused-ring (bicyclic) bond motifs is 1. The molecule has 0 bridgehead atoms. The average Bonchev–Trinajstić information content (AvgIpc) is 2.47. The Labute approximate surface area is 122 Å². The number of aliphatic hydroxyl groups excluding tert-OH is 1. The van der Waals surface area contributed by atoms with E-state index >= 15 is 0 Å². The number of benzene rings is 1. The molecule has 1 atom stereocenters. The minimum absolute atomic E-state index is 0.0285. The molecular formula is C14H17BO6. The van der Waals surface area contributed by atoms with Crippen molar-refractivity contribution in [3.05, 3.63) is 29.3 Å². The molecule has 1 heterocycles. The monoisotopic (exact) mass is 292 g/mol. The fourth-order valence-corrected chi connectivity index (χ4v) is 2.38. The smallest absolute Gasteiger partial charge is 0.526 e. The van der Waals surface area contributed by atoms with Crippen LogP contribution in [0.25, 0.3) is 0 Å². The molecule has 7 heteroatoms. The zero-order chi connectivity index (χ0) is 15.4. The Hall–Kier alpha value is -1.86. The van der Waals surface area contributed by atoms with Crippen LogP contribution in [0.2, 0.25) is 5.82 Å². The van der Waals surface area contributed by atoms with E-state index in [0.717, 1.165) is 5.56 Å². The van der Waals surface area contributed by atoms with Crippen LogP contribution in [-0.2, 0) is 16.0 Å². The first-order valence-corrected chi connectivity index (χ1v) is 6.83. The Morgan fingerprint density at radius 2 is 2.24 bits per heavy atom. The van der Waals surface area contributed by atoms with Gasteiger partial charge < -0.3 is 19.5 Å². The number of rotatable bonds is 5. The van der Waals surface area contributed by atoms with Crippen molar-refractivity contribution >= 4 is 18.9 Å². The summed E-state index contributed by atoms with van der Waals surface area (Å²) in [4.78, 5) is 23.2. The first-order valence-electron chi connectivity index (χ1n) is 6.83. The van der Waals surface area contributed by atoms with Gasteiger partial charge in [-0.1, -0.05) is 12.1 Å². The molecular weight excluding hydrogens is 275 g/mol. The lowest BCUT2D eigenvalue weighted by atomic mass is 9.64. The van der Waals surface area contributed by atoms with Gasteiger partial charge in [-0.15, -0.1) is 0 Å². The molecule has 0 amide bonds. The van der Waals surface area contributed by atoms with Gasteiger partial charge in [0.05, 0.1) is 6.61 Å². The van der Waals surface area contributed by atoms with Crippen LogP contribution >= 0.6 is 0 Å². The number of hydrogen-bond donors (Lipinski definition) is 2. The van der Waals surface area contributed by atoms with Crippen molar-refractivity contribution in [3.8, 4) is 5.75 Å². The second kappa shape index (κ2) is 6.73. The van der Waals surface area contributed by atoms with Gasteiger partial charge in [0.25, 0.3) is 0 Å². The lowest BCUT2D eigenvalue weighted by Gasteiger charge is -2.28. The van der Waals surface area contributed by atoms with Gasteiger partial charge in [-0.2, -0.15) is 0 Å². The molecule has 0 radical (unpaired) electrons. The van der Waals surface area contributed by atoms with Gasteiger partial charge in [0, 0.05) is 12.2 Å². The Morgan fingerprint density at radius 3 is 2.90 bits per heavy atom. The number of carbonyl (C=O) groups excluding carboxylic acids is 2. The van der Waals surface area contributed by atoms with E-state index in [9.17, 15) is 14.6 Å². The maximum atomic E-state index is 11.9. The van der Waals surface area contributed by atoms with Crippen molar-refractivity contribution in [2.45, 2.75) is 25.6 Å². The van der Waals surface area contributed by atoms with Gasteiger partial charge in [-0.25, -0.2) is 4.79 Å². The van der Waals surface area contributed by atoms with Gasteiger partial charge in [0.1, 0.15) is 17.9 Å². The highest BCUT2D eigenvalue weighted by Gasteiger charge is 2.37. The third-order valence-corrected chi connectivity index (χ3v) is 3.38. The van der Waals surface area contributed by atoms with E-state index in [1.165, 1.54) is 0 Å². The highest BCUT2D eigenvalue weighted by molar-refractivity contribution is 6.47. The highest BCUT2D eigenvalue weighted by Crippen LogP contribution is 2.36. The summed E-state index contributed by atoms with van der Waals surface area (Å²) in [5.74, 6) is -0.996. The van der Waals surface area contributed by atoms with E-state index in [1.807, 2.05) is 0 Å². The van der Waals surface area contributed by atoms with Gasteiger partial charge in [-0.3, -0.25) is 4.79 Å². The summed E-state index contributed by atoms with van der Waals surface area (Å²) in [5.41, 5.74) is 1.00. The molecule has 21 heavy (non-hydrogen) atoms. The average molecular weight is 292 g/mol. The second-order valence-corrected chi connectivity index (χ2v) is 4.89. The molecule has 0 saturated heterocycles. The summed E-state index contributed by atoms with van der Waals surface area (Å²) in [6, 6.07) is 5.06. The molecule has 0 aliphatic carbocycles. The minimum Gasteiger partial charge on any atom is -0.535 e. The molecule has 0 spiro atoms. The first kappa shape index (κ1) is 15.5. The fourth-order valence-electron chi connectivity index (χ4n) is 2.38. The summed E-state index contributed by atoms with van der Waals surface area (Å²) in [6.07, 6.45) is 0.427. The van der Waals surface area contributed by atoms with Crippen LogP contribution in [0.1, 0.15) is 29.3 Å². The SMILES string of the molecule is CCOC(=O)c1cccc2c1OB(O)[C@@H](CC(=O)CO)C2. The predicted molar refractivity (Wildman–Crippen MR) is 75.2 cm³/mol. The predicted octanol–water partition coefficient (Wildman–Crippen LogP) is 0.600. The zero-order valence-corrected chi connectivity index (χ0v) is 11.7. The van der Waals surface area contributed by atoms with Crippen LogP contribution in [0.15, 0.2) is 18.2 Å². The van der Waals surface area contributed by atoms with Crippen LogP contribution in [0.4, 0.5) is 0 Å². The van der Waals surface area contributed by atoms with E-state index in [2.05, 4.69) is 0 Å². The van der Waals surface area contributed by atoms with Crippen molar-refractivity contribution in [1.82, 2.24) is 0 Å². The molecule has 1 aromatic rings. The Bertz CT molecular complexity index is 544. The molecule has 112 valence electrons. The lowest BCUT2D eigenvalue weighted by Crippen LogP contribution is -2.36. The molecule has 0 fully saturated rings. The summed E-state index contributed by atoms with van der Waals surface area (Å²) >= 11 is 0. The highest BCUT2D eigenvalue weighted by atomic mass is 16.5. The number of ketones is 1. The number of aliphatic hydroxyl groups is 1. The topological polar surface area (TPSA) is 93.1 Å². The molecule has 0 aromatic heterocycles. The number of para-hydroxylation sites is 1. The molecule has 1 aliphatic heterocycles. The van der Waals surface area contributed by atoms with Gasteiger partial charge in [0.15, 0.2) is 5.78 Å². The number of esters is 1. The third kappa shape index (κ3) is 3.43. The van der Waals surface area contributed by atoms with Gasteiger partial charge >= 0.3 is 13.1 Å². The molecule has 0 saturated carbocycles. The van der Waals surface area contributed by atoms with Crippen molar-refractivity contribution in [2.24, 2.45) is 0 Å². The van der Waals surface area contributed by atoms with E-state index in [4.69, 9.17) is 14.5 Å². The van der Waals surface area contributed by atoms with Crippen LogP contribution in [0, 0.1) is 0 Å². The van der Waals surface area contributed by atoms with Crippen LogP contribution in [0.3, 0.4) is 0 Å². The second-order valence-electron chi connectivity index (χ2n) is 4.89. The fraction of sp³-hybridized carbons (Fsp3) is 0.429. The summed E-state index contributed by atoms with van der Waals surface area (Å²) in [5, 5.41) is 18.8. The van der Waals surface area contributed by atoms with E-state index in [0.29, 0.717) is 12.2 Å². The summed E-state index contributed by atoms with van der Waals surface area (Å²) in [6.45, 7) is 1.40. The maximum absolute atomic E-state index is 11.9. The van der Waals surface area contributed by atoms with Crippen LogP contribution < -0.4 is 4.65 Å². The number of hydrogen-bond acceptors (Lipinski definition) is 6. The Kier molecular flexibility index (Phi) is 4.98. The molecule has 1 aliphatic rings. The number of ether oxygens (including phenoxy) is 1. The van der Waals surface area contributed by atoms with Crippen LogP contribution in [0.5, 0.6) is 5.75 Å². The summed E-state index contributed by atoms with van der Waals surface area (Å²) < 4.78 is 10.4. The molecule has 1 aromatic carbocycles. The van der Waals surface area contributed by atoms with Crippen molar-refractivity contribution in [2.75, 3.05) is 13.2 Å². The molecule has 0 unspecified atom stereocenters. The standard InChI is InChI=1S/C14H17BO6/c1-2-20-14(18)12-5-3-4-9-6-10(7-11(17)8-16)15(19)21-13(9)12/h3-5,10,16,19H,2,6-8H2,1H3/t10-/m1/s1. The lowest BCUT2D eigenvalue weighted by molar-refractivity contribution is -0.121. The van der Waals surface area contributed by atoms with Crippen molar-refractivity contribution in [1.29, 1.82) is 0 Å². The molecule has 2 N–H and O–H groups in total.